The number of amides is 2. The summed E-state index contributed by atoms with van der Waals surface area (Å²) in [6.45, 7) is 2.63. The zero-order valence-electron chi connectivity index (χ0n) is 21.5. The van der Waals surface area contributed by atoms with E-state index in [0.717, 1.165) is 25.7 Å². The highest BCUT2D eigenvalue weighted by atomic mass is 35.5. The van der Waals surface area contributed by atoms with E-state index in [0.29, 0.717) is 38.4 Å². The minimum atomic E-state index is -1.33. The molecule has 3 rings (SSSR count). The average Bonchev–Trinajstić information content (AvgIpc) is 2.77. The molecule has 2 fully saturated rings. The summed E-state index contributed by atoms with van der Waals surface area (Å²) >= 11 is 12.4. The molecule has 5 nitrogen and oxygen atoms in total. The van der Waals surface area contributed by atoms with Gasteiger partial charge in [0.2, 0.25) is 0 Å². The molecule has 0 unspecified atom stereocenters. The standard InChI is InChI=1S/C21H32Cl2N4O/c1-25(2)21(28)24-17-8-6-16(7-9-17)10-11-26-12-14-27(15-13-26)19-5-3-4-18(22)20(19)23/h3-5,16-17H,6-15H2,1-2H3,(H,24,28)/i3D,4D,5D,10D2. The van der Waals surface area contributed by atoms with Crippen LogP contribution in [0.1, 0.15) is 38.9 Å². The first-order valence-corrected chi connectivity index (χ1v) is 10.6. The first kappa shape index (κ1) is 15.6. The van der Waals surface area contributed by atoms with Gasteiger partial charge in [-0.15, -0.1) is 0 Å². The first-order chi connectivity index (χ1) is 15.4. The summed E-state index contributed by atoms with van der Waals surface area (Å²) < 4.78 is 41.4. The summed E-state index contributed by atoms with van der Waals surface area (Å²) in [5, 5.41) is 3.12. The minimum Gasteiger partial charge on any atom is -0.368 e. The molecule has 1 saturated carbocycles. The van der Waals surface area contributed by atoms with Gasteiger partial charge in [-0.2, -0.15) is 0 Å². The molecule has 0 aromatic heterocycles. The summed E-state index contributed by atoms with van der Waals surface area (Å²) in [5.74, 6) is -0.0494. The van der Waals surface area contributed by atoms with Crippen molar-refractivity contribution in [3.63, 3.8) is 0 Å². The van der Waals surface area contributed by atoms with Gasteiger partial charge in [-0.3, -0.25) is 4.90 Å². The molecule has 1 aliphatic heterocycles. The van der Waals surface area contributed by atoms with Crippen molar-refractivity contribution < 1.29 is 11.6 Å². The SMILES string of the molecule is [2H]c1c([2H])c(Cl)c(Cl)c(N2CCN(CC([2H])([2H])C3CCC(NC(=O)N(C)C)CC3)CC2)c1[2H]. The maximum atomic E-state index is 11.9. The Morgan fingerprint density at radius 2 is 1.89 bits per heavy atom. The van der Waals surface area contributed by atoms with Crippen LogP contribution in [0.4, 0.5) is 10.5 Å². The Hall–Kier alpha value is -1.17. The lowest BCUT2D eigenvalue weighted by molar-refractivity contribution is 0.194. The maximum Gasteiger partial charge on any atom is 0.317 e. The van der Waals surface area contributed by atoms with Crippen molar-refractivity contribution in [3.05, 3.63) is 28.2 Å². The maximum absolute atomic E-state index is 11.9. The second-order valence-electron chi connectivity index (χ2n) is 7.71. The van der Waals surface area contributed by atoms with Crippen molar-refractivity contribution in [3.8, 4) is 0 Å². The van der Waals surface area contributed by atoms with E-state index in [2.05, 4.69) is 10.2 Å². The molecule has 28 heavy (non-hydrogen) atoms. The molecule has 1 heterocycles. The van der Waals surface area contributed by atoms with Crippen molar-refractivity contribution in [2.24, 2.45) is 5.92 Å². The molecule has 1 aromatic carbocycles. The highest BCUT2D eigenvalue weighted by molar-refractivity contribution is 6.43. The van der Waals surface area contributed by atoms with Gasteiger partial charge in [0.05, 0.1) is 19.8 Å². The number of carbonyl (C=O) groups is 1. The van der Waals surface area contributed by atoms with Gasteiger partial charge in [-0.05, 0) is 56.6 Å². The molecule has 2 aliphatic rings. The Balaban J connectivity index is 1.55. The van der Waals surface area contributed by atoms with Gasteiger partial charge in [0.25, 0.3) is 0 Å². The highest BCUT2D eigenvalue weighted by Crippen LogP contribution is 2.33. The zero-order chi connectivity index (χ0) is 24.5. The van der Waals surface area contributed by atoms with Gasteiger partial charge in [-0.1, -0.05) is 29.2 Å². The van der Waals surface area contributed by atoms with Gasteiger partial charge < -0.3 is 15.1 Å². The summed E-state index contributed by atoms with van der Waals surface area (Å²) in [6, 6.07) is -0.584. The fraction of sp³-hybridized carbons (Fsp3) is 0.667. The number of piperazine rings is 1. The molecule has 0 bridgehead atoms. The predicted molar refractivity (Wildman–Crippen MR) is 118 cm³/mol. The van der Waals surface area contributed by atoms with Crippen LogP contribution in [0, 0.1) is 5.92 Å². The molecule has 2 amide bonds. The molecule has 7 heteroatoms. The Kier molecular flexibility index (Phi) is 5.61. The van der Waals surface area contributed by atoms with E-state index in [-0.39, 0.29) is 46.2 Å². The van der Waals surface area contributed by atoms with Crippen molar-refractivity contribution in [2.45, 2.75) is 38.1 Å². The van der Waals surface area contributed by atoms with E-state index in [1.807, 2.05) is 4.90 Å². The normalized spacial score (nSPS) is 26.6. The molecule has 0 radical (unpaired) electrons. The molecular formula is C21H32Cl2N4O. The van der Waals surface area contributed by atoms with E-state index in [4.69, 9.17) is 30.1 Å². The number of rotatable bonds is 5. The average molecular weight is 432 g/mol. The van der Waals surface area contributed by atoms with Gasteiger partial charge in [0.15, 0.2) is 0 Å². The third kappa shape index (κ3) is 5.68. The Morgan fingerprint density at radius 3 is 2.54 bits per heavy atom. The number of halogens is 2. The number of hydrogen-bond donors (Lipinski definition) is 1. The van der Waals surface area contributed by atoms with E-state index < -0.39 is 6.37 Å². The second-order valence-corrected chi connectivity index (χ2v) is 8.47. The van der Waals surface area contributed by atoms with Crippen LogP contribution in [0.3, 0.4) is 0 Å². The van der Waals surface area contributed by atoms with Crippen LogP contribution in [0.2, 0.25) is 10.0 Å². The Morgan fingerprint density at radius 1 is 1.21 bits per heavy atom. The molecule has 156 valence electrons. The van der Waals surface area contributed by atoms with E-state index in [1.165, 1.54) is 4.90 Å². The third-order valence-electron chi connectivity index (χ3n) is 5.51. The fourth-order valence-corrected chi connectivity index (χ4v) is 4.06. The van der Waals surface area contributed by atoms with Crippen LogP contribution in [0.15, 0.2) is 18.1 Å². The number of hydrogen-bond acceptors (Lipinski definition) is 3. The quantitative estimate of drug-likeness (QED) is 0.753. The molecule has 1 aromatic rings. The number of urea groups is 1. The number of nitrogens with one attached hydrogen (secondary N) is 1. The van der Waals surface area contributed by atoms with Crippen LogP contribution >= 0.6 is 23.2 Å². The van der Waals surface area contributed by atoms with Crippen LogP contribution in [-0.4, -0.2) is 68.7 Å². The monoisotopic (exact) mass is 431 g/mol. The summed E-state index contributed by atoms with van der Waals surface area (Å²) in [5.41, 5.74) is 0.378. The number of carbonyl (C=O) groups excluding carboxylic acids is 1. The number of anilines is 1. The first-order valence-electron chi connectivity index (χ1n) is 12.3. The lowest BCUT2D eigenvalue weighted by Crippen LogP contribution is -2.47. The molecule has 1 N–H and O–H groups in total. The number of benzene rings is 1. The minimum absolute atomic E-state index is 0.0104. The summed E-state index contributed by atoms with van der Waals surface area (Å²) in [4.78, 5) is 17.4. The van der Waals surface area contributed by atoms with Gasteiger partial charge in [-0.25, -0.2) is 4.79 Å². The van der Waals surface area contributed by atoms with E-state index in [9.17, 15) is 4.79 Å². The van der Waals surface area contributed by atoms with E-state index >= 15 is 0 Å². The largest absolute Gasteiger partial charge is 0.368 e. The highest BCUT2D eigenvalue weighted by Gasteiger charge is 2.24. The van der Waals surface area contributed by atoms with Crippen LogP contribution in [-0.2, 0) is 0 Å². The summed E-state index contributed by atoms with van der Waals surface area (Å²) in [6.07, 6.45) is 1.72. The van der Waals surface area contributed by atoms with Crippen molar-refractivity contribution >= 4 is 34.9 Å². The fourth-order valence-electron chi connectivity index (χ4n) is 3.71. The predicted octanol–water partition coefficient (Wildman–Crippen LogP) is 4.34. The lowest BCUT2D eigenvalue weighted by atomic mass is 9.84. The van der Waals surface area contributed by atoms with Crippen molar-refractivity contribution in [2.75, 3.05) is 51.7 Å². The van der Waals surface area contributed by atoms with Crippen molar-refractivity contribution in [1.82, 2.24) is 15.1 Å². The van der Waals surface area contributed by atoms with Crippen LogP contribution in [0.5, 0.6) is 0 Å². The van der Waals surface area contributed by atoms with Gasteiger partial charge >= 0.3 is 6.03 Å². The van der Waals surface area contributed by atoms with E-state index in [1.54, 1.807) is 14.1 Å². The molecule has 1 saturated heterocycles. The molecule has 0 spiro atoms. The molecule has 0 atom stereocenters. The Labute approximate surface area is 186 Å². The topological polar surface area (TPSA) is 38.8 Å². The van der Waals surface area contributed by atoms with Gasteiger partial charge in [0, 0.05) is 49.1 Å². The van der Waals surface area contributed by atoms with Gasteiger partial charge in [0.1, 0.15) is 0 Å². The third-order valence-corrected chi connectivity index (χ3v) is 6.25. The number of nitrogens with zero attached hydrogens (tertiary/aromatic N) is 3. The second kappa shape index (κ2) is 10.0. The van der Waals surface area contributed by atoms with Crippen LogP contribution in [0.25, 0.3) is 0 Å². The van der Waals surface area contributed by atoms with Crippen LogP contribution < -0.4 is 10.2 Å². The van der Waals surface area contributed by atoms with Crippen molar-refractivity contribution in [1.29, 1.82) is 0 Å². The molecular weight excluding hydrogens is 395 g/mol. The molecule has 1 aliphatic carbocycles. The zero-order valence-corrected chi connectivity index (χ0v) is 18.0. The smallest absolute Gasteiger partial charge is 0.317 e. The lowest BCUT2D eigenvalue weighted by Gasteiger charge is -2.37. The Bertz CT molecular complexity index is 844. The summed E-state index contributed by atoms with van der Waals surface area (Å²) in [7, 11) is 3.42.